The Morgan fingerprint density at radius 3 is 1.72 bits per heavy atom. The molecule has 2 fully saturated rings. The number of nitrogens with zero attached hydrogens (tertiary/aromatic N) is 4. The lowest BCUT2D eigenvalue weighted by molar-refractivity contribution is -0.118. The van der Waals surface area contributed by atoms with Crippen molar-refractivity contribution in [1.82, 2.24) is 51.2 Å². The van der Waals surface area contributed by atoms with E-state index < -0.39 is 0 Å². The second-order valence-corrected chi connectivity index (χ2v) is 15.4. The van der Waals surface area contributed by atoms with Gasteiger partial charge < -0.3 is 46.6 Å². The molecule has 0 aromatic carbocycles. The number of fused-ring (bicyclic) bond motifs is 10. The van der Waals surface area contributed by atoms with Crippen LogP contribution in [-0.2, 0) is 52.9 Å². The first-order chi connectivity index (χ1) is 28.3. The largest absolute Gasteiger partial charge is 0.377 e. The molecule has 17 heteroatoms. The number of rotatable bonds is 8. The fourth-order valence-electron chi connectivity index (χ4n) is 9.03. The Balaban J connectivity index is 0.000000150. The van der Waals surface area contributed by atoms with Crippen molar-refractivity contribution >= 4 is 35.5 Å². The Kier molecular flexibility index (Phi) is 9.97. The molecule has 6 aliphatic rings. The van der Waals surface area contributed by atoms with Crippen molar-refractivity contribution in [2.24, 2.45) is 0 Å². The summed E-state index contributed by atoms with van der Waals surface area (Å²) in [6.45, 7) is 9.19. The highest BCUT2D eigenvalue weighted by Gasteiger charge is 2.34. The third-order valence-corrected chi connectivity index (χ3v) is 11.9. The number of aromatic nitrogens is 6. The number of aryl methyl sites for hydroxylation is 2. The van der Waals surface area contributed by atoms with Gasteiger partial charge in [-0.1, -0.05) is 13.2 Å². The Hall–Kier alpha value is -6.36. The summed E-state index contributed by atoms with van der Waals surface area (Å²) in [7, 11) is 0. The Morgan fingerprint density at radius 2 is 1.17 bits per heavy atom. The topological polar surface area (TPSA) is 233 Å². The molecule has 4 unspecified atom stereocenters. The van der Waals surface area contributed by atoms with E-state index in [1.165, 1.54) is 12.2 Å². The summed E-state index contributed by atoms with van der Waals surface area (Å²) in [5.74, 6) is 0.628. The van der Waals surface area contributed by atoms with Crippen molar-refractivity contribution in [3.63, 3.8) is 0 Å². The van der Waals surface area contributed by atoms with Crippen molar-refractivity contribution in [2.75, 3.05) is 36.9 Å². The molecule has 4 aromatic rings. The molecule has 4 atom stereocenters. The van der Waals surface area contributed by atoms with Gasteiger partial charge in [0.25, 0.3) is 11.8 Å². The van der Waals surface area contributed by atoms with Crippen LogP contribution < -0.4 is 31.9 Å². The van der Waals surface area contributed by atoms with Crippen LogP contribution in [-0.4, -0.2) is 104 Å². The van der Waals surface area contributed by atoms with E-state index in [1.807, 2.05) is 12.4 Å². The number of carbonyl (C=O) groups excluding carboxylic acids is 4. The summed E-state index contributed by atoms with van der Waals surface area (Å²) in [4.78, 5) is 73.4. The summed E-state index contributed by atoms with van der Waals surface area (Å²) in [5, 5.41) is 18.4. The number of carbonyl (C=O) groups is 4. The van der Waals surface area contributed by atoms with Gasteiger partial charge in [0.15, 0.2) is 0 Å². The van der Waals surface area contributed by atoms with Gasteiger partial charge in [0.2, 0.25) is 23.7 Å². The maximum atomic E-state index is 12.4. The smallest absolute Gasteiger partial charge is 0.253 e. The van der Waals surface area contributed by atoms with Gasteiger partial charge in [-0.3, -0.25) is 19.2 Å². The van der Waals surface area contributed by atoms with Gasteiger partial charge in [0.05, 0.1) is 59.2 Å². The molecule has 3 aliphatic heterocycles. The predicted molar refractivity (Wildman–Crippen MR) is 214 cm³/mol. The third kappa shape index (κ3) is 6.99. The van der Waals surface area contributed by atoms with Gasteiger partial charge in [-0.25, -0.2) is 19.9 Å². The Bertz CT molecular complexity index is 2190. The summed E-state index contributed by atoms with van der Waals surface area (Å²) in [6, 6.07) is -0.195. The molecule has 300 valence electrons. The zero-order valence-corrected chi connectivity index (χ0v) is 32.1. The molecule has 4 amide bonds. The molecule has 3 aliphatic carbocycles. The van der Waals surface area contributed by atoms with Crippen LogP contribution in [0.1, 0.15) is 73.6 Å². The zero-order valence-electron chi connectivity index (χ0n) is 32.1. The standard InChI is InChI=1S/C21H24N6O2.C20H22N6O3/c1-2-16(28)24-13-4-3-5-14(13)26-21-23-10-11-6-7-12-17-15(8-9-22-20(17)29)25-19(12)18(11)27-21;1-2-15(27)23-13-8-29-9-14(13)25-20-22-7-10-3-4-11-16-12(5-6-21-19(16)28)24-18(11)17(10)26-20/h2,10,13-14,25H,1,3-9H2,(H,22,29)(H,24,28)(H,23,26,27);2,7,13-14,24H,1,3-6,8-9H2,(H,21,28)(H,23,27)(H,22,25,26). The summed E-state index contributed by atoms with van der Waals surface area (Å²) >= 11 is 0. The van der Waals surface area contributed by atoms with E-state index in [0.29, 0.717) is 38.2 Å². The maximum Gasteiger partial charge on any atom is 0.253 e. The van der Waals surface area contributed by atoms with E-state index in [1.54, 1.807) is 0 Å². The number of H-pyrrole nitrogens is 2. The quantitative estimate of drug-likeness (QED) is 0.120. The molecule has 0 spiro atoms. The number of hydrogen-bond donors (Lipinski definition) is 8. The Labute approximate surface area is 334 Å². The third-order valence-electron chi connectivity index (χ3n) is 11.9. The molecular weight excluding hydrogens is 741 g/mol. The highest BCUT2D eigenvalue weighted by atomic mass is 16.5. The molecule has 8 N–H and O–H groups in total. The van der Waals surface area contributed by atoms with Gasteiger partial charge in [-0.05, 0) is 79.4 Å². The van der Waals surface area contributed by atoms with Crippen LogP contribution in [0.3, 0.4) is 0 Å². The van der Waals surface area contributed by atoms with Crippen LogP contribution in [0, 0.1) is 0 Å². The minimum absolute atomic E-state index is 0.00589. The number of amides is 4. The van der Waals surface area contributed by atoms with E-state index in [2.05, 4.69) is 65.0 Å². The van der Waals surface area contributed by atoms with Gasteiger partial charge in [-0.2, -0.15) is 0 Å². The highest BCUT2D eigenvalue weighted by Crippen LogP contribution is 2.38. The van der Waals surface area contributed by atoms with Crippen LogP contribution in [0.25, 0.3) is 22.8 Å². The summed E-state index contributed by atoms with van der Waals surface area (Å²) < 4.78 is 5.51. The molecule has 4 aromatic heterocycles. The lowest BCUT2D eigenvalue weighted by atomic mass is 9.91. The highest BCUT2D eigenvalue weighted by molar-refractivity contribution is 6.01. The van der Waals surface area contributed by atoms with Crippen LogP contribution in [0.5, 0.6) is 0 Å². The van der Waals surface area contributed by atoms with Gasteiger partial charge in [-0.15, -0.1) is 0 Å². The SMILES string of the molecule is C=CC(=O)NC1CCCC1Nc1ncc2c(n1)-c1[nH]c3c(c1CC2)C(=O)NCC3.C=CC(=O)NC1COCC1Nc1ncc2c(n1)-c1[nH]c3c(c1CC2)C(=O)NCC3. The van der Waals surface area contributed by atoms with E-state index in [4.69, 9.17) is 14.7 Å². The first-order valence-corrected chi connectivity index (χ1v) is 20.0. The number of ether oxygens (including phenoxy) is 1. The zero-order chi connectivity index (χ0) is 39.9. The molecular formula is C41H46N12O5. The van der Waals surface area contributed by atoms with Crippen molar-refractivity contribution in [2.45, 2.75) is 82.0 Å². The average molecular weight is 787 g/mol. The van der Waals surface area contributed by atoms with E-state index in [0.717, 1.165) is 125 Å². The van der Waals surface area contributed by atoms with Crippen molar-refractivity contribution in [3.05, 3.63) is 82.5 Å². The minimum atomic E-state index is -0.237. The van der Waals surface area contributed by atoms with Crippen molar-refractivity contribution in [3.8, 4) is 22.8 Å². The molecule has 58 heavy (non-hydrogen) atoms. The second kappa shape index (κ2) is 15.5. The predicted octanol–water partition coefficient (Wildman–Crippen LogP) is 1.83. The molecule has 10 rings (SSSR count). The first kappa shape index (κ1) is 37.2. The normalized spacial score (nSPS) is 22.1. The van der Waals surface area contributed by atoms with Crippen molar-refractivity contribution < 1.29 is 23.9 Å². The first-order valence-electron chi connectivity index (χ1n) is 20.0. The summed E-state index contributed by atoms with van der Waals surface area (Å²) in [5.41, 5.74) is 11.4. The van der Waals surface area contributed by atoms with E-state index in [9.17, 15) is 19.2 Å². The summed E-state index contributed by atoms with van der Waals surface area (Å²) in [6.07, 6.45) is 14.0. The molecule has 1 saturated heterocycles. The number of aromatic amines is 2. The molecule has 1 saturated carbocycles. The lowest BCUT2D eigenvalue weighted by Gasteiger charge is -2.23. The van der Waals surface area contributed by atoms with Crippen LogP contribution in [0.4, 0.5) is 11.9 Å². The van der Waals surface area contributed by atoms with E-state index in [-0.39, 0.29) is 47.8 Å². The van der Waals surface area contributed by atoms with Gasteiger partial charge in [0, 0.05) is 61.8 Å². The number of hydrogen-bond acceptors (Lipinski definition) is 11. The minimum Gasteiger partial charge on any atom is -0.377 e. The van der Waals surface area contributed by atoms with E-state index >= 15 is 0 Å². The second-order valence-electron chi connectivity index (χ2n) is 15.4. The van der Waals surface area contributed by atoms with Gasteiger partial charge >= 0.3 is 0 Å². The molecule has 0 bridgehead atoms. The van der Waals surface area contributed by atoms with Crippen molar-refractivity contribution in [1.29, 1.82) is 0 Å². The fourth-order valence-corrected chi connectivity index (χ4v) is 9.03. The monoisotopic (exact) mass is 786 g/mol. The fraction of sp³-hybridized carbons (Fsp3) is 0.415. The molecule has 7 heterocycles. The lowest BCUT2D eigenvalue weighted by Crippen LogP contribution is -2.45. The maximum absolute atomic E-state index is 12.4. The van der Waals surface area contributed by atoms with Gasteiger partial charge in [0.1, 0.15) is 0 Å². The molecule has 0 radical (unpaired) electrons. The van der Waals surface area contributed by atoms with Crippen LogP contribution in [0.15, 0.2) is 37.7 Å². The number of nitrogens with one attached hydrogen (secondary N) is 8. The van der Waals surface area contributed by atoms with Crippen LogP contribution >= 0.6 is 0 Å². The van der Waals surface area contributed by atoms with Crippen LogP contribution in [0.2, 0.25) is 0 Å². The number of anilines is 2. The molecule has 17 nitrogen and oxygen atoms in total. The average Bonchev–Trinajstić information content (AvgIpc) is 4.04. The Morgan fingerprint density at radius 1 is 0.672 bits per heavy atom.